The zero-order chi connectivity index (χ0) is 10.8. The van der Waals surface area contributed by atoms with Crippen molar-refractivity contribution in [2.45, 2.75) is 18.9 Å². The molecule has 1 aromatic rings. The van der Waals surface area contributed by atoms with Crippen molar-refractivity contribution < 1.29 is 9.66 Å². The molecule has 4 nitrogen and oxygen atoms in total. The number of ether oxygens (including phenoxy) is 1. The highest BCUT2D eigenvalue weighted by molar-refractivity contribution is 5.27. The molecule has 0 amide bonds. The Balaban J connectivity index is 1.92. The molecule has 2 atom stereocenters. The first-order valence-corrected chi connectivity index (χ1v) is 4.97. The van der Waals surface area contributed by atoms with E-state index in [-0.39, 0.29) is 16.9 Å². The van der Waals surface area contributed by atoms with Crippen molar-refractivity contribution in [1.82, 2.24) is 0 Å². The van der Waals surface area contributed by atoms with E-state index in [9.17, 15) is 10.1 Å². The molecule has 0 radical (unpaired) electrons. The molecule has 0 aliphatic heterocycles. The zero-order valence-corrected chi connectivity index (χ0v) is 8.55. The van der Waals surface area contributed by atoms with Gasteiger partial charge in [-0.2, -0.15) is 0 Å². The molecule has 4 heteroatoms. The van der Waals surface area contributed by atoms with Crippen LogP contribution in [0.2, 0.25) is 0 Å². The first-order chi connectivity index (χ1) is 7.20. The molecular weight excluding hydrogens is 194 g/mol. The monoisotopic (exact) mass is 207 g/mol. The summed E-state index contributed by atoms with van der Waals surface area (Å²) in [5.74, 6) is 1.05. The first kappa shape index (κ1) is 9.96. The summed E-state index contributed by atoms with van der Waals surface area (Å²) in [6, 6.07) is 7.40. The van der Waals surface area contributed by atoms with Crippen LogP contribution >= 0.6 is 0 Å². The van der Waals surface area contributed by atoms with E-state index >= 15 is 0 Å². The molecule has 1 aromatic carbocycles. The van der Waals surface area contributed by atoms with Gasteiger partial charge in [-0.3, -0.25) is 10.1 Å². The maximum Gasteiger partial charge on any atom is 0.217 e. The minimum absolute atomic E-state index is 0.172. The highest BCUT2D eigenvalue weighted by Crippen LogP contribution is 2.36. The Hall–Kier alpha value is -1.58. The minimum Gasteiger partial charge on any atom is -0.497 e. The van der Waals surface area contributed by atoms with Gasteiger partial charge in [0.05, 0.1) is 7.11 Å². The minimum atomic E-state index is -0.313. The molecular formula is C11H13NO3. The van der Waals surface area contributed by atoms with Gasteiger partial charge in [-0.1, -0.05) is 12.1 Å². The number of hydrogen-bond donors (Lipinski definition) is 0. The van der Waals surface area contributed by atoms with Crippen LogP contribution in [-0.2, 0) is 6.42 Å². The van der Waals surface area contributed by atoms with Gasteiger partial charge in [-0.15, -0.1) is 0 Å². The smallest absolute Gasteiger partial charge is 0.217 e. The molecule has 0 aromatic heterocycles. The van der Waals surface area contributed by atoms with Gasteiger partial charge >= 0.3 is 0 Å². The SMILES string of the molecule is COc1ccc(C[C@H]2C[C@H]2[N+](=O)[O-])cc1. The molecule has 0 N–H and O–H groups in total. The lowest BCUT2D eigenvalue weighted by Gasteiger charge is -2.01. The second-order valence-electron chi connectivity index (χ2n) is 3.90. The number of nitrogens with zero attached hydrogens (tertiary/aromatic N) is 1. The molecule has 0 spiro atoms. The summed E-state index contributed by atoms with van der Waals surface area (Å²) < 4.78 is 5.04. The fourth-order valence-electron chi connectivity index (χ4n) is 1.77. The van der Waals surface area contributed by atoms with Gasteiger partial charge in [0, 0.05) is 17.3 Å². The predicted octanol–water partition coefficient (Wildman–Crippen LogP) is 1.90. The van der Waals surface area contributed by atoms with Crippen LogP contribution in [0.1, 0.15) is 12.0 Å². The lowest BCUT2D eigenvalue weighted by molar-refractivity contribution is -0.498. The Kier molecular flexibility index (Phi) is 2.58. The summed E-state index contributed by atoms with van der Waals surface area (Å²) >= 11 is 0. The van der Waals surface area contributed by atoms with Gasteiger partial charge < -0.3 is 4.74 Å². The van der Waals surface area contributed by atoms with Crippen LogP contribution in [0.3, 0.4) is 0 Å². The molecule has 0 bridgehead atoms. The molecule has 1 fully saturated rings. The molecule has 2 rings (SSSR count). The van der Waals surface area contributed by atoms with E-state index in [4.69, 9.17) is 4.74 Å². The molecule has 0 heterocycles. The number of hydrogen-bond acceptors (Lipinski definition) is 3. The van der Waals surface area contributed by atoms with Crippen LogP contribution < -0.4 is 4.74 Å². The van der Waals surface area contributed by atoms with Gasteiger partial charge in [0.25, 0.3) is 0 Å². The van der Waals surface area contributed by atoms with Crippen LogP contribution in [0.4, 0.5) is 0 Å². The van der Waals surface area contributed by atoms with Crippen molar-refractivity contribution >= 4 is 0 Å². The van der Waals surface area contributed by atoms with Gasteiger partial charge in [0.1, 0.15) is 5.75 Å². The third-order valence-corrected chi connectivity index (χ3v) is 2.81. The summed E-state index contributed by atoms with van der Waals surface area (Å²) in [4.78, 5) is 10.3. The summed E-state index contributed by atoms with van der Waals surface area (Å²) in [6.07, 6.45) is 1.52. The first-order valence-electron chi connectivity index (χ1n) is 4.97. The van der Waals surface area contributed by atoms with Gasteiger partial charge in [0.2, 0.25) is 6.04 Å². The van der Waals surface area contributed by atoms with Crippen LogP contribution in [0, 0.1) is 16.0 Å². The Morgan fingerprint density at radius 3 is 2.60 bits per heavy atom. The molecule has 1 aliphatic rings. The van der Waals surface area contributed by atoms with Gasteiger partial charge in [-0.05, 0) is 24.1 Å². The van der Waals surface area contributed by atoms with E-state index in [1.165, 1.54) is 0 Å². The standard InChI is InChI=1S/C11H13NO3/c1-15-10-4-2-8(3-5-10)6-9-7-11(9)12(13)14/h2-5,9,11H,6-7H2,1H3/t9-,11+/m0/s1. The van der Waals surface area contributed by atoms with Crippen molar-refractivity contribution in [2.24, 2.45) is 5.92 Å². The Morgan fingerprint density at radius 1 is 1.47 bits per heavy atom. The van der Waals surface area contributed by atoms with E-state index in [1.807, 2.05) is 24.3 Å². The number of nitro groups is 1. The third-order valence-electron chi connectivity index (χ3n) is 2.81. The Bertz CT molecular complexity index is 361. The normalized spacial score (nSPS) is 23.5. The van der Waals surface area contributed by atoms with Crippen molar-refractivity contribution in [3.8, 4) is 5.75 Å². The summed E-state index contributed by atoms with van der Waals surface area (Å²) in [6.45, 7) is 0. The lowest BCUT2D eigenvalue weighted by atomic mass is 10.1. The fourth-order valence-corrected chi connectivity index (χ4v) is 1.77. The molecule has 0 unspecified atom stereocenters. The predicted molar refractivity (Wildman–Crippen MR) is 55.6 cm³/mol. The molecule has 1 aliphatic carbocycles. The van der Waals surface area contributed by atoms with Crippen LogP contribution in [-0.4, -0.2) is 18.1 Å². The molecule has 1 saturated carbocycles. The van der Waals surface area contributed by atoms with Crippen LogP contribution in [0.25, 0.3) is 0 Å². The lowest BCUT2D eigenvalue weighted by Crippen LogP contribution is -2.04. The second kappa shape index (κ2) is 3.88. The van der Waals surface area contributed by atoms with E-state index in [0.717, 1.165) is 24.2 Å². The highest BCUT2D eigenvalue weighted by Gasteiger charge is 2.47. The average molecular weight is 207 g/mol. The number of rotatable bonds is 4. The molecule has 80 valence electrons. The summed E-state index contributed by atoms with van der Waals surface area (Å²) in [5.41, 5.74) is 1.14. The maximum absolute atomic E-state index is 10.4. The van der Waals surface area contributed by atoms with E-state index in [0.29, 0.717) is 0 Å². The van der Waals surface area contributed by atoms with Crippen LogP contribution in [0.15, 0.2) is 24.3 Å². The average Bonchev–Trinajstić information content (AvgIpc) is 2.98. The van der Waals surface area contributed by atoms with Crippen LogP contribution in [0.5, 0.6) is 5.75 Å². The Labute approximate surface area is 88.0 Å². The van der Waals surface area contributed by atoms with E-state index in [2.05, 4.69) is 0 Å². The largest absolute Gasteiger partial charge is 0.497 e. The molecule has 15 heavy (non-hydrogen) atoms. The second-order valence-corrected chi connectivity index (χ2v) is 3.90. The van der Waals surface area contributed by atoms with E-state index < -0.39 is 0 Å². The summed E-state index contributed by atoms with van der Waals surface area (Å²) in [7, 11) is 1.62. The molecule has 0 saturated heterocycles. The summed E-state index contributed by atoms with van der Waals surface area (Å²) in [5, 5.41) is 10.4. The highest BCUT2D eigenvalue weighted by atomic mass is 16.6. The van der Waals surface area contributed by atoms with Crippen molar-refractivity contribution in [1.29, 1.82) is 0 Å². The number of methoxy groups -OCH3 is 1. The quantitative estimate of drug-likeness (QED) is 0.559. The van der Waals surface area contributed by atoms with Gasteiger partial charge in [0.15, 0.2) is 0 Å². The zero-order valence-electron chi connectivity index (χ0n) is 8.55. The third kappa shape index (κ3) is 2.26. The fraction of sp³-hybridized carbons (Fsp3) is 0.455. The maximum atomic E-state index is 10.4. The van der Waals surface area contributed by atoms with Crippen molar-refractivity contribution in [3.05, 3.63) is 39.9 Å². The van der Waals surface area contributed by atoms with Crippen molar-refractivity contribution in [2.75, 3.05) is 7.11 Å². The van der Waals surface area contributed by atoms with Crippen molar-refractivity contribution in [3.63, 3.8) is 0 Å². The number of benzene rings is 1. The van der Waals surface area contributed by atoms with Gasteiger partial charge in [-0.25, -0.2) is 0 Å². The Morgan fingerprint density at radius 2 is 2.13 bits per heavy atom. The topological polar surface area (TPSA) is 52.4 Å². The van der Waals surface area contributed by atoms with E-state index in [1.54, 1.807) is 7.11 Å².